The molecule has 0 unspecified atom stereocenters. The minimum atomic E-state index is -4.54. The van der Waals surface area contributed by atoms with E-state index in [1.54, 1.807) is 0 Å². The van der Waals surface area contributed by atoms with Gasteiger partial charge in [-0.05, 0) is 46.5 Å². The van der Waals surface area contributed by atoms with Crippen molar-refractivity contribution in [3.05, 3.63) is 57.6 Å². The highest BCUT2D eigenvalue weighted by Gasteiger charge is 2.31. The summed E-state index contributed by atoms with van der Waals surface area (Å²) in [5, 5.41) is 10.8. The number of hydrogen-bond acceptors (Lipinski definition) is 1. The molecule has 0 aromatic heterocycles. The molecule has 0 fully saturated rings. The van der Waals surface area contributed by atoms with Gasteiger partial charge in [-0.25, -0.2) is 4.79 Å². The van der Waals surface area contributed by atoms with Crippen molar-refractivity contribution in [2.45, 2.75) is 6.18 Å². The monoisotopic (exact) mass is 358 g/mol. The number of rotatable bonds is 1. The van der Waals surface area contributed by atoms with E-state index in [0.29, 0.717) is 10.8 Å². The molecule has 3 aromatic rings. The lowest BCUT2D eigenvalue weighted by molar-refractivity contribution is -0.137. The van der Waals surface area contributed by atoms with Gasteiger partial charge in [0, 0.05) is 10.4 Å². The molecule has 0 spiro atoms. The van der Waals surface area contributed by atoms with Gasteiger partial charge in [-0.1, -0.05) is 29.3 Å². The number of carboxylic acid groups (broad SMARTS) is 1. The van der Waals surface area contributed by atoms with Crippen LogP contribution < -0.4 is 0 Å². The lowest BCUT2D eigenvalue weighted by Gasteiger charge is -2.13. The maximum atomic E-state index is 13.0. The van der Waals surface area contributed by atoms with E-state index in [1.807, 2.05) is 0 Å². The summed E-state index contributed by atoms with van der Waals surface area (Å²) >= 11 is 12.0. The van der Waals surface area contributed by atoms with Gasteiger partial charge in [0.1, 0.15) is 0 Å². The second-order valence-electron chi connectivity index (χ2n) is 4.97. The largest absolute Gasteiger partial charge is 0.478 e. The van der Waals surface area contributed by atoms with Crippen molar-refractivity contribution >= 4 is 50.7 Å². The van der Waals surface area contributed by atoms with Crippen molar-refractivity contribution in [3.8, 4) is 0 Å². The Balaban J connectivity index is 2.55. The Morgan fingerprint density at radius 1 is 1.00 bits per heavy atom. The van der Waals surface area contributed by atoms with E-state index in [0.717, 1.165) is 18.2 Å². The van der Waals surface area contributed by atoms with Crippen LogP contribution in [0.2, 0.25) is 10.0 Å². The fourth-order valence-corrected chi connectivity index (χ4v) is 3.17. The molecule has 3 rings (SSSR count). The van der Waals surface area contributed by atoms with Gasteiger partial charge in [0.2, 0.25) is 0 Å². The van der Waals surface area contributed by atoms with Gasteiger partial charge in [-0.2, -0.15) is 13.2 Å². The summed E-state index contributed by atoms with van der Waals surface area (Å²) in [5.74, 6) is -1.24. The number of benzene rings is 3. The summed E-state index contributed by atoms with van der Waals surface area (Å²) in [6.07, 6.45) is -4.54. The first kappa shape index (κ1) is 15.9. The molecule has 7 heteroatoms. The minimum absolute atomic E-state index is 0.112. The zero-order chi connectivity index (χ0) is 16.9. The van der Waals surface area contributed by atoms with Crippen molar-refractivity contribution in [2.75, 3.05) is 0 Å². The summed E-state index contributed by atoms with van der Waals surface area (Å²) in [4.78, 5) is 11.4. The fraction of sp³-hybridized carbons (Fsp3) is 0.0625. The van der Waals surface area contributed by atoms with Crippen molar-refractivity contribution in [1.29, 1.82) is 0 Å². The Kier molecular flexibility index (Phi) is 3.65. The number of halogens is 5. The Morgan fingerprint density at radius 3 is 2.30 bits per heavy atom. The van der Waals surface area contributed by atoms with Crippen LogP contribution in [-0.4, -0.2) is 11.1 Å². The Bertz CT molecular complexity index is 965. The number of alkyl halides is 3. The third-order valence-electron chi connectivity index (χ3n) is 3.52. The zero-order valence-corrected chi connectivity index (χ0v) is 12.7. The third kappa shape index (κ3) is 2.71. The molecule has 0 radical (unpaired) electrons. The minimum Gasteiger partial charge on any atom is -0.478 e. The Morgan fingerprint density at radius 2 is 1.70 bits per heavy atom. The number of hydrogen-bond donors (Lipinski definition) is 1. The maximum absolute atomic E-state index is 13.0. The number of carboxylic acids is 1. The van der Waals surface area contributed by atoms with Crippen molar-refractivity contribution < 1.29 is 23.1 Å². The van der Waals surface area contributed by atoms with Crippen LogP contribution in [-0.2, 0) is 6.18 Å². The van der Waals surface area contributed by atoms with Crippen LogP contribution in [0.15, 0.2) is 36.4 Å². The molecule has 2 nitrogen and oxygen atoms in total. The van der Waals surface area contributed by atoms with Gasteiger partial charge in [0.15, 0.2) is 0 Å². The molecule has 0 atom stereocenters. The standard InChI is InChI=1S/C16H7Cl2F3O2/c17-9-3-7-4-12(15(22)23)10-2-1-8(16(19,20)21)5-11(10)14(7)13(18)6-9/h1-6H,(H,22,23). The van der Waals surface area contributed by atoms with Crippen LogP contribution in [0.25, 0.3) is 21.5 Å². The highest BCUT2D eigenvalue weighted by atomic mass is 35.5. The molecule has 0 amide bonds. The highest BCUT2D eigenvalue weighted by molar-refractivity contribution is 6.41. The van der Waals surface area contributed by atoms with E-state index < -0.39 is 17.7 Å². The summed E-state index contributed by atoms with van der Waals surface area (Å²) < 4.78 is 38.9. The maximum Gasteiger partial charge on any atom is 0.416 e. The van der Waals surface area contributed by atoms with E-state index >= 15 is 0 Å². The van der Waals surface area contributed by atoms with E-state index in [9.17, 15) is 23.1 Å². The quantitative estimate of drug-likeness (QED) is 0.540. The predicted octanol–water partition coefficient (Wildman–Crippen LogP) is 6.02. The summed E-state index contributed by atoms with van der Waals surface area (Å²) in [6, 6.07) is 7.13. The second kappa shape index (κ2) is 5.28. The SMILES string of the molecule is O=C(O)c1cc2cc(Cl)cc(Cl)c2c2cc(C(F)(F)F)ccc12. The molecule has 3 aromatic carbocycles. The first-order valence-corrected chi connectivity index (χ1v) is 7.10. The van der Waals surface area contributed by atoms with E-state index in [2.05, 4.69) is 0 Å². The zero-order valence-electron chi connectivity index (χ0n) is 11.2. The molecule has 0 heterocycles. The first-order chi connectivity index (χ1) is 10.7. The molecule has 0 saturated heterocycles. The molecule has 0 bridgehead atoms. The van der Waals surface area contributed by atoms with Gasteiger partial charge >= 0.3 is 12.1 Å². The molecule has 0 aliphatic carbocycles. The molecular weight excluding hydrogens is 352 g/mol. The van der Waals surface area contributed by atoms with Crippen LogP contribution in [0.4, 0.5) is 13.2 Å². The molecule has 23 heavy (non-hydrogen) atoms. The third-order valence-corrected chi connectivity index (χ3v) is 4.04. The normalized spacial score (nSPS) is 12.0. The Hall–Kier alpha value is -1.98. The van der Waals surface area contributed by atoms with Crippen molar-refractivity contribution in [2.24, 2.45) is 0 Å². The highest BCUT2D eigenvalue weighted by Crippen LogP contribution is 2.39. The molecule has 1 N–H and O–H groups in total. The molecule has 0 saturated carbocycles. The van der Waals surface area contributed by atoms with Gasteiger partial charge in [0.05, 0.1) is 16.1 Å². The van der Waals surface area contributed by atoms with Gasteiger partial charge < -0.3 is 5.11 Å². The lowest BCUT2D eigenvalue weighted by atomic mass is 9.95. The lowest BCUT2D eigenvalue weighted by Crippen LogP contribution is -2.05. The second-order valence-corrected chi connectivity index (χ2v) is 5.82. The van der Waals surface area contributed by atoms with Gasteiger partial charge in [-0.3, -0.25) is 0 Å². The number of fused-ring (bicyclic) bond motifs is 3. The average molecular weight is 359 g/mol. The van der Waals surface area contributed by atoms with Crippen LogP contribution in [0.1, 0.15) is 15.9 Å². The summed E-state index contributed by atoms with van der Waals surface area (Å²) in [5.41, 5.74) is -0.987. The molecule has 0 aliphatic rings. The molecule has 0 aliphatic heterocycles. The van der Waals surface area contributed by atoms with Crippen molar-refractivity contribution in [1.82, 2.24) is 0 Å². The van der Waals surface area contributed by atoms with Crippen LogP contribution >= 0.6 is 23.2 Å². The summed E-state index contributed by atoms with van der Waals surface area (Å²) in [7, 11) is 0. The van der Waals surface area contributed by atoms with Gasteiger partial charge in [0.25, 0.3) is 0 Å². The van der Waals surface area contributed by atoms with Crippen LogP contribution in [0, 0.1) is 0 Å². The van der Waals surface area contributed by atoms with Crippen molar-refractivity contribution in [3.63, 3.8) is 0 Å². The fourth-order valence-electron chi connectivity index (χ4n) is 2.56. The average Bonchev–Trinajstić information content (AvgIpc) is 2.43. The Labute approximate surface area is 138 Å². The number of aromatic carboxylic acids is 1. The van der Waals surface area contributed by atoms with Gasteiger partial charge in [-0.15, -0.1) is 0 Å². The number of carbonyl (C=O) groups is 1. The van der Waals surface area contributed by atoms with E-state index in [4.69, 9.17) is 23.2 Å². The smallest absolute Gasteiger partial charge is 0.416 e. The van der Waals surface area contributed by atoms with Crippen LogP contribution in [0.3, 0.4) is 0 Å². The summed E-state index contributed by atoms with van der Waals surface area (Å²) in [6.45, 7) is 0. The van der Waals surface area contributed by atoms with E-state index in [1.165, 1.54) is 18.2 Å². The van der Waals surface area contributed by atoms with Crippen LogP contribution in [0.5, 0.6) is 0 Å². The molecule has 118 valence electrons. The van der Waals surface area contributed by atoms with E-state index in [-0.39, 0.29) is 26.4 Å². The predicted molar refractivity (Wildman–Crippen MR) is 83.4 cm³/mol. The topological polar surface area (TPSA) is 37.3 Å². The molecular formula is C16H7Cl2F3O2. The first-order valence-electron chi connectivity index (χ1n) is 6.34.